The molecule has 0 saturated carbocycles. The molecule has 0 aliphatic rings. The van der Waals surface area contributed by atoms with Gasteiger partial charge in [0.2, 0.25) is 0 Å². The van der Waals surface area contributed by atoms with Gasteiger partial charge in [0.15, 0.2) is 5.65 Å². The normalized spacial score (nSPS) is 12.6. The summed E-state index contributed by atoms with van der Waals surface area (Å²) in [7, 11) is 0. The quantitative estimate of drug-likeness (QED) is 0.729. The lowest BCUT2D eigenvalue weighted by atomic mass is 10.1. The zero-order valence-electron chi connectivity index (χ0n) is 13.7. The third-order valence-electron chi connectivity index (χ3n) is 3.87. The molecule has 2 N–H and O–H groups in total. The van der Waals surface area contributed by atoms with Crippen LogP contribution in [0.15, 0.2) is 48.8 Å². The summed E-state index contributed by atoms with van der Waals surface area (Å²) in [5.41, 5.74) is 2.49. The Morgan fingerprint density at radius 3 is 2.67 bits per heavy atom. The smallest absolute Gasteiger partial charge is 0.325 e. The van der Waals surface area contributed by atoms with E-state index in [1.54, 1.807) is 24.5 Å². The molecule has 6 heteroatoms. The summed E-state index contributed by atoms with van der Waals surface area (Å²) in [6, 6.07) is 10.6. The van der Waals surface area contributed by atoms with E-state index < -0.39 is 12.0 Å². The van der Waals surface area contributed by atoms with Crippen LogP contribution in [0.4, 0.5) is 0 Å². The van der Waals surface area contributed by atoms with Crippen molar-refractivity contribution in [3.05, 3.63) is 59.9 Å². The number of hydrogen-bond donors (Lipinski definition) is 2. The molecule has 1 aromatic carbocycles. The van der Waals surface area contributed by atoms with Crippen molar-refractivity contribution < 1.29 is 9.90 Å². The van der Waals surface area contributed by atoms with Gasteiger partial charge in [0.05, 0.1) is 6.20 Å². The predicted molar refractivity (Wildman–Crippen MR) is 91.6 cm³/mol. The molecule has 0 saturated heterocycles. The van der Waals surface area contributed by atoms with Crippen LogP contribution >= 0.6 is 0 Å². The van der Waals surface area contributed by atoms with Gasteiger partial charge in [-0.25, -0.2) is 9.67 Å². The third kappa shape index (κ3) is 3.28. The first kappa shape index (κ1) is 16.1. The highest BCUT2D eigenvalue weighted by atomic mass is 16.4. The van der Waals surface area contributed by atoms with Crippen molar-refractivity contribution in [1.29, 1.82) is 0 Å². The minimum atomic E-state index is -0.900. The first-order chi connectivity index (χ1) is 11.6. The molecule has 124 valence electrons. The largest absolute Gasteiger partial charge is 0.480 e. The van der Waals surface area contributed by atoms with Crippen LogP contribution in [0.5, 0.6) is 0 Å². The number of carboxylic acids is 1. The Kier molecular flexibility index (Phi) is 4.57. The van der Waals surface area contributed by atoms with Gasteiger partial charge in [-0.15, -0.1) is 0 Å². The summed E-state index contributed by atoms with van der Waals surface area (Å²) >= 11 is 0. The fraction of sp³-hybridized carbons (Fsp3) is 0.278. The average Bonchev–Trinajstić information content (AvgIpc) is 2.99. The van der Waals surface area contributed by atoms with Crippen LogP contribution in [-0.4, -0.2) is 25.8 Å². The zero-order valence-corrected chi connectivity index (χ0v) is 13.7. The number of aliphatic carboxylic acids is 1. The number of aromatic nitrogens is 3. The maximum Gasteiger partial charge on any atom is 0.325 e. The summed E-state index contributed by atoms with van der Waals surface area (Å²) in [6.45, 7) is 4.53. The van der Waals surface area contributed by atoms with Crippen molar-refractivity contribution in [2.24, 2.45) is 0 Å². The molecule has 0 radical (unpaired) electrons. The van der Waals surface area contributed by atoms with E-state index in [4.69, 9.17) is 0 Å². The molecule has 6 nitrogen and oxygen atoms in total. The highest BCUT2D eigenvalue weighted by molar-refractivity contribution is 5.76. The van der Waals surface area contributed by atoms with Crippen LogP contribution in [-0.2, 0) is 11.3 Å². The number of nitrogens with zero attached hydrogens (tertiary/aromatic N) is 3. The van der Waals surface area contributed by atoms with Gasteiger partial charge >= 0.3 is 5.97 Å². The molecule has 0 aliphatic carbocycles. The fourth-order valence-electron chi connectivity index (χ4n) is 2.67. The van der Waals surface area contributed by atoms with Gasteiger partial charge in [0.25, 0.3) is 0 Å². The second-order valence-electron chi connectivity index (χ2n) is 6.00. The number of pyridine rings is 1. The van der Waals surface area contributed by atoms with E-state index >= 15 is 0 Å². The molecule has 0 unspecified atom stereocenters. The number of hydrogen-bond acceptors (Lipinski definition) is 4. The van der Waals surface area contributed by atoms with Crippen molar-refractivity contribution in [1.82, 2.24) is 20.1 Å². The summed E-state index contributed by atoms with van der Waals surface area (Å²) in [5, 5.41) is 17.8. The first-order valence-electron chi connectivity index (χ1n) is 7.89. The Balaban J connectivity index is 1.78. The molecule has 0 aliphatic heterocycles. The molecule has 3 aromatic rings. The van der Waals surface area contributed by atoms with Crippen molar-refractivity contribution in [3.8, 4) is 0 Å². The number of fused-ring (bicyclic) bond motifs is 1. The molecule has 2 heterocycles. The van der Waals surface area contributed by atoms with Gasteiger partial charge in [0.1, 0.15) is 6.04 Å². The lowest BCUT2D eigenvalue weighted by Crippen LogP contribution is -2.28. The van der Waals surface area contributed by atoms with Crippen molar-refractivity contribution >= 4 is 17.0 Å². The Bertz CT molecular complexity index is 843. The predicted octanol–water partition coefficient (Wildman–Crippen LogP) is 2.93. The van der Waals surface area contributed by atoms with E-state index in [0.29, 0.717) is 6.54 Å². The second-order valence-corrected chi connectivity index (χ2v) is 6.00. The monoisotopic (exact) mass is 324 g/mol. The van der Waals surface area contributed by atoms with E-state index in [1.165, 1.54) is 0 Å². The molecule has 1 atom stereocenters. The molecule has 0 spiro atoms. The topological polar surface area (TPSA) is 80.0 Å². The number of rotatable bonds is 6. The van der Waals surface area contributed by atoms with Gasteiger partial charge in [-0.2, -0.15) is 5.10 Å². The molecule has 0 bridgehead atoms. The standard InChI is InChI=1S/C18H20N4O2/c1-12(2)22-17-15(11-21-22)8-13(10-20-17)9-19-16(18(23)24)14-6-4-3-5-7-14/h3-8,10-12,16,19H,9H2,1-2H3,(H,23,24)/t16-/m0/s1. The van der Waals surface area contributed by atoms with Crippen LogP contribution in [0, 0.1) is 0 Å². The molecular weight excluding hydrogens is 304 g/mol. The van der Waals surface area contributed by atoms with Gasteiger partial charge in [-0.1, -0.05) is 30.3 Å². The third-order valence-corrected chi connectivity index (χ3v) is 3.87. The summed E-state index contributed by atoms with van der Waals surface area (Å²) in [5.74, 6) is -0.900. The summed E-state index contributed by atoms with van der Waals surface area (Å²) in [4.78, 5) is 16.0. The van der Waals surface area contributed by atoms with Crippen LogP contribution in [0.1, 0.15) is 37.1 Å². The van der Waals surface area contributed by atoms with Crippen LogP contribution in [0.2, 0.25) is 0 Å². The first-order valence-corrected chi connectivity index (χ1v) is 7.89. The number of carbonyl (C=O) groups is 1. The van der Waals surface area contributed by atoms with E-state index in [0.717, 1.165) is 22.2 Å². The number of carboxylic acid groups (broad SMARTS) is 1. The lowest BCUT2D eigenvalue weighted by molar-refractivity contribution is -0.139. The van der Waals surface area contributed by atoms with E-state index in [1.807, 2.05) is 28.9 Å². The Hall–Kier alpha value is -2.73. The maximum atomic E-state index is 11.5. The van der Waals surface area contributed by atoms with Crippen molar-refractivity contribution in [2.45, 2.75) is 32.5 Å². The highest BCUT2D eigenvalue weighted by Crippen LogP contribution is 2.18. The summed E-state index contributed by atoms with van der Waals surface area (Å²) in [6.07, 6.45) is 3.55. The zero-order chi connectivity index (χ0) is 17.1. The summed E-state index contributed by atoms with van der Waals surface area (Å²) < 4.78 is 1.87. The van der Waals surface area contributed by atoms with Gasteiger partial charge < -0.3 is 5.11 Å². The Morgan fingerprint density at radius 1 is 1.25 bits per heavy atom. The van der Waals surface area contributed by atoms with E-state index in [9.17, 15) is 9.90 Å². The SMILES string of the molecule is CC(C)n1ncc2cc(CN[C@H](C(=O)O)c3ccccc3)cnc21. The maximum absolute atomic E-state index is 11.5. The minimum Gasteiger partial charge on any atom is -0.480 e. The van der Waals surface area contributed by atoms with Crippen molar-refractivity contribution in [2.75, 3.05) is 0 Å². The minimum absolute atomic E-state index is 0.244. The molecule has 2 aromatic heterocycles. The van der Waals surface area contributed by atoms with Crippen LogP contribution in [0.25, 0.3) is 11.0 Å². The highest BCUT2D eigenvalue weighted by Gasteiger charge is 2.19. The fourth-order valence-corrected chi connectivity index (χ4v) is 2.67. The van der Waals surface area contributed by atoms with Crippen LogP contribution in [0.3, 0.4) is 0 Å². The van der Waals surface area contributed by atoms with Gasteiger partial charge in [-0.05, 0) is 31.0 Å². The number of nitrogens with one attached hydrogen (secondary N) is 1. The lowest BCUT2D eigenvalue weighted by Gasteiger charge is -2.15. The van der Waals surface area contributed by atoms with Gasteiger partial charge in [-0.3, -0.25) is 10.1 Å². The molecular formula is C18H20N4O2. The number of benzene rings is 1. The second kappa shape index (κ2) is 6.80. The van der Waals surface area contributed by atoms with Gasteiger partial charge in [0, 0.05) is 24.2 Å². The van der Waals surface area contributed by atoms with Crippen LogP contribution < -0.4 is 5.32 Å². The average molecular weight is 324 g/mol. The van der Waals surface area contributed by atoms with E-state index in [2.05, 4.69) is 29.2 Å². The van der Waals surface area contributed by atoms with E-state index in [-0.39, 0.29) is 6.04 Å². The Morgan fingerprint density at radius 2 is 2.00 bits per heavy atom. The molecule has 3 rings (SSSR count). The molecule has 0 fully saturated rings. The molecule has 24 heavy (non-hydrogen) atoms. The Labute approximate surface area is 140 Å². The van der Waals surface area contributed by atoms with Crippen molar-refractivity contribution in [3.63, 3.8) is 0 Å². The molecule has 0 amide bonds.